The van der Waals surface area contributed by atoms with E-state index in [0.717, 1.165) is 31.6 Å². The Morgan fingerprint density at radius 2 is 0.833 bits per heavy atom. The van der Waals surface area contributed by atoms with E-state index in [4.69, 9.17) is 0 Å². The third-order valence-electron chi connectivity index (χ3n) is 6.40. The first-order valence-corrected chi connectivity index (χ1v) is 13.9. The van der Waals surface area contributed by atoms with E-state index in [0.29, 0.717) is 0 Å². The average Bonchev–Trinajstić information content (AvgIpc) is 2.75. The van der Waals surface area contributed by atoms with Crippen molar-refractivity contribution in [1.82, 2.24) is 0 Å². The van der Waals surface area contributed by atoms with Crippen molar-refractivity contribution in [2.75, 3.05) is 0 Å². The molecule has 1 unspecified atom stereocenters. The fraction of sp³-hybridized carbons (Fsp3) is 0.867. The molecule has 0 spiro atoms. The topological polar surface area (TPSA) is 0 Å². The lowest BCUT2D eigenvalue weighted by atomic mass is 9.90. The van der Waals surface area contributed by atoms with Gasteiger partial charge < -0.3 is 0 Å². The Hall–Kier alpha value is -0.440. The zero-order valence-corrected chi connectivity index (χ0v) is 21.0. The minimum atomic E-state index is 0.996. The normalized spacial score (nSPS) is 12.0. The summed E-state index contributed by atoms with van der Waals surface area (Å²) in [6.45, 7) is 10.2. The highest BCUT2D eigenvalue weighted by molar-refractivity contribution is 4.98. The summed E-state index contributed by atoms with van der Waals surface area (Å²) in [7, 11) is 0. The Kier molecular flexibility index (Phi) is 26.2. The van der Waals surface area contributed by atoms with Gasteiger partial charge in [0, 0.05) is 12.8 Å². The van der Waals surface area contributed by atoms with Gasteiger partial charge in [-0.15, -0.1) is 11.8 Å². The van der Waals surface area contributed by atoms with Gasteiger partial charge in [0.25, 0.3) is 0 Å². The smallest absolute Gasteiger partial charge is 0.00886 e. The van der Waals surface area contributed by atoms with Crippen LogP contribution in [-0.2, 0) is 0 Å². The quantitative estimate of drug-likeness (QED) is 0.115. The number of hydrogen-bond donors (Lipinski definition) is 0. The third kappa shape index (κ3) is 23.8. The summed E-state index contributed by atoms with van der Waals surface area (Å²) in [4.78, 5) is 0. The maximum Gasteiger partial charge on any atom is 0.00886 e. The third-order valence-corrected chi connectivity index (χ3v) is 6.40. The van der Waals surface area contributed by atoms with Gasteiger partial charge in [-0.05, 0) is 18.8 Å². The number of hydrogen-bond acceptors (Lipinski definition) is 0. The van der Waals surface area contributed by atoms with Crippen LogP contribution in [0.15, 0.2) is 0 Å². The number of rotatable bonds is 23. The summed E-state index contributed by atoms with van der Waals surface area (Å²) < 4.78 is 0. The van der Waals surface area contributed by atoms with E-state index < -0.39 is 0 Å². The molecule has 0 aliphatic rings. The molecule has 0 aromatic carbocycles. The lowest BCUT2D eigenvalue weighted by Crippen LogP contribution is -2.00. The van der Waals surface area contributed by atoms with Crippen LogP contribution < -0.4 is 0 Å². The van der Waals surface area contributed by atoms with E-state index in [-0.39, 0.29) is 0 Å². The molecule has 0 aliphatic heterocycles. The first-order valence-electron chi connectivity index (χ1n) is 13.9. The SMILES string of the molecule is [CH2]CCCCCCC#CCCCCCCC(CCC)CCCCCCCCCC[CH2]. The van der Waals surface area contributed by atoms with E-state index in [1.807, 2.05) is 0 Å². The molecule has 0 bridgehead atoms. The van der Waals surface area contributed by atoms with Crippen LogP contribution in [0.5, 0.6) is 0 Å². The summed E-state index contributed by atoms with van der Waals surface area (Å²) in [6.07, 6.45) is 32.4. The van der Waals surface area contributed by atoms with Crippen LogP contribution in [-0.4, -0.2) is 0 Å². The minimum absolute atomic E-state index is 0.996. The van der Waals surface area contributed by atoms with Gasteiger partial charge >= 0.3 is 0 Å². The average molecular weight is 417 g/mol. The Morgan fingerprint density at radius 3 is 1.23 bits per heavy atom. The van der Waals surface area contributed by atoms with Crippen LogP contribution in [0.4, 0.5) is 0 Å². The molecule has 0 aromatic heterocycles. The maximum absolute atomic E-state index is 3.93. The highest BCUT2D eigenvalue weighted by atomic mass is 14.1. The summed E-state index contributed by atoms with van der Waals surface area (Å²) in [5, 5.41) is 0. The van der Waals surface area contributed by atoms with Crippen molar-refractivity contribution < 1.29 is 0 Å². The van der Waals surface area contributed by atoms with Gasteiger partial charge in [-0.2, -0.15) is 0 Å². The summed E-state index contributed by atoms with van der Waals surface area (Å²) >= 11 is 0. The van der Waals surface area contributed by atoms with E-state index in [9.17, 15) is 0 Å². The van der Waals surface area contributed by atoms with Crippen LogP contribution in [0, 0.1) is 31.6 Å². The fourth-order valence-corrected chi connectivity index (χ4v) is 4.43. The first kappa shape index (κ1) is 29.6. The second-order valence-corrected chi connectivity index (χ2v) is 9.45. The van der Waals surface area contributed by atoms with Gasteiger partial charge in [0.05, 0.1) is 0 Å². The molecule has 0 heteroatoms. The Morgan fingerprint density at radius 1 is 0.467 bits per heavy atom. The Bertz CT molecular complexity index is 358. The molecule has 2 radical (unpaired) electrons. The van der Waals surface area contributed by atoms with Crippen molar-refractivity contribution in [1.29, 1.82) is 0 Å². The standard InChI is InChI=1S/C30H56/c1-4-7-9-11-13-15-16-17-18-20-22-24-26-29-30(27-6-3)28-25-23-21-19-14-12-10-8-5-2/h30H,1-2,4-15,18-29H2,3H3. The molecule has 0 rings (SSSR count). The lowest BCUT2D eigenvalue weighted by Gasteiger charge is -2.16. The first-order chi connectivity index (χ1) is 14.8. The molecule has 0 N–H and O–H groups in total. The minimum Gasteiger partial charge on any atom is -0.103 e. The predicted octanol–water partition coefficient (Wildman–Crippen LogP) is 10.7. The fourth-order valence-electron chi connectivity index (χ4n) is 4.43. The molecule has 0 heterocycles. The van der Waals surface area contributed by atoms with Gasteiger partial charge in [0.1, 0.15) is 0 Å². The van der Waals surface area contributed by atoms with Crippen molar-refractivity contribution in [3.8, 4) is 11.8 Å². The summed E-state index contributed by atoms with van der Waals surface area (Å²) in [6, 6.07) is 0. The van der Waals surface area contributed by atoms with Crippen molar-refractivity contribution in [2.24, 2.45) is 5.92 Å². The summed E-state index contributed by atoms with van der Waals surface area (Å²) in [5.74, 6) is 7.76. The molecule has 0 amide bonds. The molecule has 30 heavy (non-hydrogen) atoms. The van der Waals surface area contributed by atoms with Crippen molar-refractivity contribution in [3.63, 3.8) is 0 Å². The molecule has 1 atom stereocenters. The van der Waals surface area contributed by atoms with E-state index in [1.54, 1.807) is 0 Å². The van der Waals surface area contributed by atoms with Crippen LogP contribution in [0.2, 0.25) is 0 Å². The molecule has 0 aliphatic carbocycles. The molecule has 0 saturated carbocycles. The molecule has 176 valence electrons. The predicted molar refractivity (Wildman–Crippen MR) is 138 cm³/mol. The molecule has 0 saturated heterocycles. The largest absolute Gasteiger partial charge is 0.103 e. The van der Waals surface area contributed by atoms with Gasteiger partial charge in [-0.25, -0.2) is 0 Å². The van der Waals surface area contributed by atoms with Crippen LogP contribution in [0.3, 0.4) is 0 Å². The second kappa shape index (κ2) is 26.6. The van der Waals surface area contributed by atoms with Gasteiger partial charge in [0.2, 0.25) is 0 Å². The number of unbranched alkanes of at least 4 members (excludes halogenated alkanes) is 17. The maximum atomic E-state index is 3.93. The Labute approximate surface area is 192 Å². The van der Waals surface area contributed by atoms with Crippen molar-refractivity contribution >= 4 is 0 Å². The van der Waals surface area contributed by atoms with Gasteiger partial charge in [-0.1, -0.05) is 149 Å². The second-order valence-electron chi connectivity index (χ2n) is 9.45. The Balaban J connectivity index is 3.48. The van der Waals surface area contributed by atoms with Crippen molar-refractivity contribution in [3.05, 3.63) is 13.8 Å². The van der Waals surface area contributed by atoms with E-state index >= 15 is 0 Å². The molecule has 0 nitrogen and oxygen atoms in total. The molecule has 0 aromatic rings. The monoisotopic (exact) mass is 416 g/mol. The van der Waals surface area contributed by atoms with Crippen molar-refractivity contribution in [2.45, 2.75) is 161 Å². The van der Waals surface area contributed by atoms with Gasteiger partial charge in [0.15, 0.2) is 0 Å². The van der Waals surface area contributed by atoms with Crippen LogP contribution >= 0.6 is 0 Å². The summed E-state index contributed by atoms with van der Waals surface area (Å²) in [5.41, 5.74) is 0. The van der Waals surface area contributed by atoms with Crippen LogP contribution in [0.25, 0.3) is 0 Å². The lowest BCUT2D eigenvalue weighted by molar-refractivity contribution is 0.378. The van der Waals surface area contributed by atoms with E-state index in [1.165, 1.54) is 128 Å². The highest BCUT2D eigenvalue weighted by Gasteiger charge is 2.07. The van der Waals surface area contributed by atoms with Crippen LogP contribution in [0.1, 0.15) is 161 Å². The molecular formula is C30H56. The highest BCUT2D eigenvalue weighted by Crippen LogP contribution is 2.23. The van der Waals surface area contributed by atoms with E-state index in [2.05, 4.69) is 32.6 Å². The van der Waals surface area contributed by atoms with Gasteiger partial charge in [-0.3, -0.25) is 0 Å². The molecular weight excluding hydrogens is 360 g/mol. The molecule has 0 fully saturated rings. The zero-order chi connectivity index (χ0) is 22.0. The zero-order valence-electron chi connectivity index (χ0n) is 21.0.